The molecule has 146 valence electrons. The zero-order chi connectivity index (χ0) is 20.9. The van der Waals surface area contributed by atoms with E-state index in [0.717, 1.165) is 22.5 Å². The minimum Gasteiger partial charge on any atom is -0.324 e. The van der Waals surface area contributed by atoms with Gasteiger partial charge in [-0.05, 0) is 69.2 Å². The maximum atomic E-state index is 12.8. The lowest BCUT2D eigenvalue weighted by molar-refractivity contribution is -0.0585. The van der Waals surface area contributed by atoms with Crippen molar-refractivity contribution < 1.29 is 19.2 Å². The molecule has 0 saturated heterocycles. The van der Waals surface area contributed by atoms with E-state index in [1.807, 2.05) is 44.4 Å². The Balaban J connectivity index is 1.66. The lowest BCUT2D eigenvalue weighted by Gasteiger charge is -2.14. The fourth-order valence-electron chi connectivity index (χ4n) is 3.83. The molecular formula is C23H20N2O4. The van der Waals surface area contributed by atoms with Crippen LogP contribution in [-0.4, -0.2) is 27.4 Å². The van der Waals surface area contributed by atoms with Gasteiger partial charge in [0.25, 0.3) is 11.8 Å². The summed E-state index contributed by atoms with van der Waals surface area (Å²) in [6.07, 6.45) is 0. The molecule has 2 aromatic carbocycles. The zero-order valence-electron chi connectivity index (χ0n) is 16.6. The second-order valence-corrected chi connectivity index (χ2v) is 7.30. The third kappa shape index (κ3) is 3.02. The Labute approximate surface area is 168 Å². The van der Waals surface area contributed by atoms with Gasteiger partial charge in [0.2, 0.25) is 0 Å². The van der Waals surface area contributed by atoms with Crippen LogP contribution >= 0.6 is 0 Å². The summed E-state index contributed by atoms with van der Waals surface area (Å²) in [6, 6.07) is 14.2. The molecule has 0 fully saturated rings. The largest absolute Gasteiger partial charge is 0.365 e. The van der Waals surface area contributed by atoms with Gasteiger partial charge < -0.3 is 9.40 Å². The Bertz CT molecular complexity index is 1130. The number of aromatic nitrogens is 1. The van der Waals surface area contributed by atoms with Gasteiger partial charge in [-0.25, -0.2) is 4.79 Å². The van der Waals surface area contributed by atoms with Crippen LogP contribution in [0.5, 0.6) is 0 Å². The number of hydrogen-bond acceptors (Lipinski definition) is 4. The van der Waals surface area contributed by atoms with Crippen LogP contribution in [-0.2, 0) is 4.84 Å². The quantitative estimate of drug-likeness (QED) is 0.634. The number of carbonyl (C=O) groups is 3. The van der Waals surface area contributed by atoms with Gasteiger partial charge in [0, 0.05) is 17.1 Å². The number of benzene rings is 2. The molecule has 1 aromatic heterocycles. The number of nitrogens with zero attached hydrogens (tertiary/aromatic N) is 2. The fourth-order valence-corrected chi connectivity index (χ4v) is 3.83. The summed E-state index contributed by atoms with van der Waals surface area (Å²) in [5.41, 5.74) is 5.45. The highest BCUT2D eigenvalue weighted by atomic mass is 16.7. The van der Waals surface area contributed by atoms with Crippen molar-refractivity contribution in [2.75, 3.05) is 0 Å². The Morgan fingerprint density at radius 2 is 1.38 bits per heavy atom. The maximum absolute atomic E-state index is 12.8. The molecule has 3 aromatic rings. The molecule has 1 aliphatic heterocycles. The van der Waals surface area contributed by atoms with E-state index in [4.69, 9.17) is 4.84 Å². The van der Waals surface area contributed by atoms with E-state index in [9.17, 15) is 14.4 Å². The normalized spacial score (nSPS) is 13.0. The molecule has 2 amide bonds. The summed E-state index contributed by atoms with van der Waals surface area (Å²) < 4.78 is 1.96. The van der Waals surface area contributed by atoms with E-state index < -0.39 is 17.8 Å². The molecule has 4 rings (SSSR count). The second-order valence-electron chi connectivity index (χ2n) is 7.30. The third-order valence-corrected chi connectivity index (χ3v) is 5.05. The predicted molar refractivity (Wildman–Crippen MR) is 107 cm³/mol. The summed E-state index contributed by atoms with van der Waals surface area (Å²) >= 11 is 0. The third-order valence-electron chi connectivity index (χ3n) is 5.05. The summed E-state index contributed by atoms with van der Waals surface area (Å²) in [7, 11) is 0. The minimum absolute atomic E-state index is 0.228. The highest BCUT2D eigenvalue weighted by molar-refractivity contribution is 6.21. The van der Waals surface area contributed by atoms with E-state index >= 15 is 0 Å². The Morgan fingerprint density at radius 1 is 0.828 bits per heavy atom. The molecule has 0 bridgehead atoms. The fraction of sp³-hybridized carbons (Fsp3) is 0.174. The molecule has 6 heteroatoms. The second kappa shape index (κ2) is 6.74. The topological polar surface area (TPSA) is 68.6 Å². The van der Waals surface area contributed by atoms with E-state index in [0.29, 0.717) is 16.3 Å². The van der Waals surface area contributed by atoms with Crippen molar-refractivity contribution in [2.45, 2.75) is 27.7 Å². The molecule has 0 unspecified atom stereocenters. The molecule has 0 radical (unpaired) electrons. The van der Waals surface area contributed by atoms with Crippen LogP contribution < -0.4 is 0 Å². The minimum atomic E-state index is -0.747. The monoisotopic (exact) mass is 388 g/mol. The van der Waals surface area contributed by atoms with E-state index in [1.54, 1.807) is 18.2 Å². The number of carbonyl (C=O) groups excluding carboxylic acids is 3. The molecular weight excluding hydrogens is 368 g/mol. The molecule has 0 saturated carbocycles. The number of rotatable bonds is 3. The highest BCUT2D eigenvalue weighted by Gasteiger charge is 2.39. The molecule has 6 nitrogen and oxygen atoms in total. The summed E-state index contributed by atoms with van der Waals surface area (Å²) in [5, 5.41) is 0.538. The van der Waals surface area contributed by atoms with Gasteiger partial charge in [0.1, 0.15) is 0 Å². The summed E-state index contributed by atoms with van der Waals surface area (Å²) in [6.45, 7) is 7.73. The number of amides is 2. The molecule has 1 aliphatic rings. The Morgan fingerprint density at radius 3 is 1.93 bits per heavy atom. The lowest BCUT2D eigenvalue weighted by atomic mass is 10.1. The molecule has 29 heavy (non-hydrogen) atoms. The predicted octanol–water partition coefficient (Wildman–Crippen LogP) is 4.08. The van der Waals surface area contributed by atoms with Crippen LogP contribution in [0.3, 0.4) is 0 Å². The molecule has 0 spiro atoms. The van der Waals surface area contributed by atoms with Crippen LogP contribution in [0.25, 0.3) is 5.69 Å². The average Bonchev–Trinajstić information content (AvgIpc) is 3.09. The number of hydrogen-bond donors (Lipinski definition) is 0. The van der Waals surface area contributed by atoms with E-state index in [2.05, 4.69) is 6.07 Å². The first kappa shape index (κ1) is 18.7. The van der Waals surface area contributed by atoms with Crippen molar-refractivity contribution in [1.82, 2.24) is 9.63 Å². The maximum Gasteiger partial charge on any atom is 0.365 e. The molecule has 2 heterocycles. The lowest BCUT2D eigenvalue weighted by Crippen LogP contribution is -2.32. The Hall–Kier alpha value is -3.67. The zero-order valence-corrected chi connectivity index (χ0v) is 16.6. The number of hydroxylamine groups is 2. The van der Waals surface area contributed by atoms with Crippen LogP contribution in [0.15, 0.2) is 48.5 Å². The van der Waals surface area contributed by atoms with Gasteiger partial charge in [-0.1, -0.05) is 23.3 Å². The van der Waals surface area contributed by atoms with Gasteiger partial charge in [0.05, 0.1) is 16.7 Å². The van der Waals surface area contributed by atoms with Crippen molar-refractivity contribution >= 4 is 17.8 Å². The molecule has 0 aliphatic carbocycles. The number of aryl methyl sites for hydroxylation is 3. The van der Waals surface area contributed by atoms with Gasteiger partial charge in [-0.15, -0.1) is 0 Å². The standard InChI is InChI=1S/C23H20N2O4/c1-13-9-14(2)11-17(10-13)24-15(3)12-20(16(24)4)23(28)29-25-21(26)18-7-5-6-8-19(18)22(25)27/h5-12H,1-4H3. The van der Waals surface area contributed by atoms with Crippen LogP contribution in [0, 0.1) is 27.7 Å². The van der Waals surface area contributed by atoms with Crippen molar-refractivity contribution in [1.29, 1.82) is 0 Å². The Kier molecular flexibility index (Phi) is 4.34. The van der Waals surface area contributed by atoms with Crippen molar-refractivity contribution in [3.8, 4) is 5.69 Å². The molecule has 0 N–H and O–H groups in total. The van der Waals surface area contributed by atoms with Crippen molar-refractivity contribution in [2.24, 2.45) is 0 Å². The number of imide groups is 1. The first-order valence-corrected chi connectivity index (χ1v) is 9.25. The van der Waals surface area contributed by atoms with Gasteiger partial charge in [-0.3, -0.25) is 9.59 Å². The summed E-state index contributed by atoms with van der Waals surface area (Å²) in [5.74, 6) is -2.02. The van der Waals surface area contributed by atoms with Crippen molar-refractivity contribution in [3.63, 3.8) is 0 Å². The molecule has 0 atom stereocenters. The van der Waals surface area contributed by atoms with Crippen LogP contribution in [0.4, 0.5) is 0 Å². The first-order chi connectivity index (χ1) is 13.8. The van der Waals surface area contributed by atoms with Gasteiger partial charge in [-0.2, -0.15) is 0 Å². The SMILES string of the molecule is Cc1cc(C)cc(-n2c(C)cc(C(=O)ON3C(=O)c4ccccc4C3=O)c2C)c1. The number of fused-ring (bicyclic) bond motifs is 1. The van der Waals surface area contributed by atoms with Crippen LogP contribution in [0.2, 0.25) is 0 Å². The smallest absolute Gasteiger partial charge is 0.324 e. The first-order valence-electron chi connectivity index (χ1n) is 9.25. The highest BCUT2D eigenvalue weighted by Crippen LogP contribution is 2.26. The van der Waals surface area contributed by atoms with Crippen LogP contribution in [0.1, 0.15) is 53.6 Å². The summed E-state index contributed by atoms with van der Waals surface area (Å²) in [4.78, 5) is 42.9. The van der Waals surface area contributed by atoms with E-state index in [-0.39, 0.29) is 11.1 Å². The van der Waals surface area contributed by atoms with Crippen molar-refractivity contribution in [3.05, 3.63) is 87.7 Å². The van der Waals surface area contributed by atoms with Gasteiger partial charge >= 0.3 is 5.97 Å². The van der Waals surface area contributed by atoms with E-state index in [1.165, 1.54) is 12.1 Å². The van der Waals surface area contributed by atoms with Gasteiger partial charge in [0.15, 0.2) is 0 Å². The average molecular weight is 388 g/mol.